The number of anilines is 1. The summed E-state index contributed by atoms with van der Waals surface area (Å²) in [5.74, 6) is -0.367. The molecule has 0 spiro atoms. The summed E-state index contributed by atoms with van der Waals surface area (Å²) in [7, 11) is 0. The van der Waals surface area contributed by atoms with Crippen LogP contribution in [0.5, 0.6) is 0 Å². The van der Waals surface area contributed by atoms with E-state index in [0.29, 0.717) is 37.2 Å². The molecule has 4 rings (SSSR count). The van der Waals surface area contributed by atoms with E-state index < -0.39 is 17.7 Å². The molecule has 9 heteroatoms. The van der Waals surface area contributed by atoms with Crippen LogP contribution >= 0.6 is 0 Å². The number of carbonyl (C=O) groups is 3. The Labute approximate surface area is 272 Å². The topological polar surface area (TPSA) is 133 Å². The first-order valence-corrected chi connectivity index (χ1v) is 16.0. The molecule has 1 aliphatic carbocycles. The van der Waals surface area contributed by atoms with Gasteiger partial charge in [-0.2, -0.15) is 0 Å². The van der Waals surface area contributed by atoms with E-state index in [1.165, 1.54) is 0 Å². The van der Waals surface area contributed by atoms with E-state index in [9.17, 15) is 14.4 Å². The quantitative estimate of drug-likeness (QED) is 0.185. The van der Waals surface area contributed by atoms with Crippen LogP contribution in [0, 0.1) is 31.1 Å². The second-order valence-corrected chi connectivity index (χ2v) is 13.4. The fraction of sp³-hybridized carbons (Fsp3) is 0.432. The van der Waals surface area contributed by atoms with Crippen LogP contribution in [-0.2, 0) is 20.7 Å². The molecule has 1 aliphatic rings. The number of rotatable bonds is 10. The maximum atomic E-state index is 13.6. The van der Waals surface area contributed by atoms with Crippen molar-refractivity contribution in [2.45, 2.75) is 85.3 Å². The van der Waals surface area contributed by atoms with Gasteiger partial charge in [0.2, 0.25) is 11.8 Å². The van der Waals surface area contributed by atoms with Crippen LogP contribution in [0.3, 0.4) is 0 Å². The Morgan fingerprint density at radius 2 is 1.63 bits per heavy atom. The number of aromatic nitrogens is 1. The molecule has 2 aromatic carbocycles. The summed E-state index contributed by atoms with van der Waals surface area (Å²) in [6.45, 7) is 11.8. The maximum Gasteiger partial charge on any atom is 0.407 e. The van der Waals surface area contributed by atoms with Crippen molar-refractivity contribution in [2.24, 2.45) is 11.8 Å². The summed E-state index contributed by atoms with van der Waals surface area (Å²) in [5.41, 5.74) is 6.40. The number of alkyl carbamates (subject to hydrolysis) is 1. The van der Waals surface area contributed by atoms with Crippen molar-refractivity contribution < 1.29 is 19.1 Å². The molecule has 1 fully saturated rings. The highest BCUT2D eigenvalue weighted by Gasteiger charge is 2.30. The molecule has 3 aromatic rings. The van der Waals surface area contributed by atoms with E-state index in [1.54, 1.807) is 31.2 Å². The number of aryl methyl sites for hydroxylation is 2. The lowest BCUT2D eigenvalue weighted by molar-refractivity contribution is -0.130. The number of hydrogen-bond donors (Lipinski definition) is 4. The molecule has 1 atom stereocenters. The van der Waals surface area contributed by atoms with Crippen molar-refractivity contribution in [3.05, 3.63) is 83.2 Å². The van der Waals surface area contributed by atoms with Crippen LogP contribution in [-0.4, -0.2) is 46.8 Å². The molecule has 1 heterocycles. The van der Waals surface area contributed by atoms with Crippen molar-refractivity contribution in [3.63, 3.8) is 0 Å². The average Bonchev–Trinajstić information content (AvgIpc) is 3.00. The zero-order valence-corrected chi connectivity index (χ0v) is 27.8. The predicted molar refractivity (Wildman–Crippen MR) is 182 cm³/mol. The lowest BCUT2D eigenvalue weighted by Gasteiger charge is -2.29. The number of nitrogens with zero attached hydrogens (tertiary/aromatic N) is 1. The molecule has 0 radical (unpaired) electrons. The summed E-state index contributed by atoms with van der Waals surface area (Å²) in [6, 6.07) is 16.4. The van der Waals surface area contributed by atoms with Crippen molar-refractivity contribution in [1.29, 1.82) is 5.41 Å². The Morgan fingerprint density at radius 1 is 0.978 bits per heavy atom. The van der Waals surface area contributed by atoms with Gasteiger partial charge in [-0.15, -0.1) is 0 Å². The highest BCUT2D eigenvalue weighted by atomic mass is 16.6. The zero-order chi connectivity index (χ0) is 33.4. The van der Waals surface area contributed by atoms with E-state index in [4.69, 9.17) is 10.1 Å². The van der Waals surface area contributed by atoms with E-state index in [1.807, 2.05) is 58.2 Å². The van der Waals surface area contributed by atoms with Gasteiger partial charge in [0.05, 0.1) is 0 Å². The summed E-state index contributed by atoms with van der Waals surface area (Å²) in [4.78, 5) is 43.6. The Kier molecular flexibility index (Phi) is 11.3. The SMILES string of the molecule is CC(=N)c1ccc(NC(=O)[C@H](Cc2ccc(-c3cnc(C)cc3C)cc2)NC(=O)C2CCC(CNC(=O)OC(C)(C)C)CC2)cc1. The smallest absolute Gasteiger partial charge is 0.407 e. The Balaban J connectivity index is 1.41. The molecule has 3 amide bonds. The van der Waals surface area contributed by atoms with Gasteiger partial charge in [-0.1, -0.05) is 36.4 Å². The number of nitrogens with one attached hydrogen (secondary N) is 4. The number of carbonyl (C=O) groups excluding carboxylic acids is 3. The molecule has 9 nitrogen and oxygen atoms in total. The molecule has 4 N–H and O–H groups in total. The highest BCUT2D eigenvalue weighted by molar-refractivity contribution is 5.99. The van der Waals surface area contributed by atoms with Crippen LogP contribution < -0.4 is 16.0 Å². The van der Waals surface area contributed by atoms with Gasteiger partial charge in [-0.3, -0.25) is 14.6 Å². The molecule has 0 unspecified atom stereocenters. The third-order valence-corrected chi connectivity index (χ3v) is 8.32. The van der Waals surface area contributed by atoms with Crippen LogP contribution in [0.25, 0.3) is 11.1 Å². The zero-order valence-electron chi connectivity index (χ0n) is 27.8. The van der Waals surface area contributed by atoms with Gasteiger partial charge < -0.3 is 26.1 Å². The number of hydrogen-bond acceptors (Lipinski definition) is 6. The fourth-order valence-corrected chi connectivity index (χ4v) is 5.76. The summed E-state index contributed by atoms with van der Waals surface area (Å²) in [5, 5.41) is 16.7. The summed E-state index contributed by atoms with van der Waals surface area (Å²) >= 11 is 0. The van der Waals surface area contributed by atoms with E-state index >= 15 is 0 Å². The lowest BCUT2D eigenvalue weighted by atomic mass is 9.81. The average molecular weight is 626 g/mol. The highest BCUT2D eigenvalue weighted by Crippen LogP contribution is 2.29. The van der Waals surface area contributed by atoms with Gasteiger partial charge in [-0.05, 0) is 114 Å². The monoisotopic (exact) mass is 625 g/mol. The summed E-state index contributed by atoms with van der Waals surface area (Å²) in [6.07, 6.45) is 4.76. The van der Waals surface area contributed by atoms with E-state index in [0.717, 1.165) is 46.4 Å². The van der Waals surface area contributed by atoms with Gasteiger partial charge >= 0.3 is 6.09 Å². The van der Waals surface area contributed by atoms with Gasteiger partial charge in [0, 0.05) is 47.7 Å². The minimum atomic E-state index is -0.781. The Morgan fingerprint density at radius 3 is 2.22 bits per heavy atom. The van der Waals surface area contributed by atoms with Crippen molar-refractivity contribution >= 4 is 29.3 Å². The molecule has 0 bridgehead atoms. The van der Waals surface area contributed by atoms with Crippen LogP contribution in [0.4, 0.5) is 10.5 Å². The number of ether oxygens (including phenoxy) is 1. The van der Waals surface area contributed by atoms with Gasteiger partial charge in [0.1, 0.15) is 11.6 Å². The molecule has 0 aliphatic heterocycles. The lowest BCUT2D eigenvalue weighted by Crippen LogP contribution is -2.48. The molecule has 0 saturated heterocycles. The van der Waals surface area contributed by atoms with Crippen molar-refractivity contribution in [2.75, 3.05) is 11.9 Å². The van der Waals surface area contributed by atoms with Gasteiger partial charge in [0.25, 0.3) is 0 Å². The largest absolute Gasteiger partial charge is 0.444 e. The summed E-state index contributed by atoms with van der Waals surface area (Å²) < 4.78 is 5.34. The number of pyridine rings is 1. The second kappa shape index (κ2) is 15.2. The van der Waals surface area contributed by atoms with Crippen LogP contribution in [0.1, 0.15) is 75.8 Å². The molecule has 244 valence electrons. The molecular formula is C37H47N5O4. The number of amides is 3. The standard InChI is InChI=1S/C37H47N5O4/c1-23-19-24(2)39-22-32(23)29-11-7-26(8-12-29)20-33(35(44)41-31-17-15-28(16-18-31)25(3)38)42-34(43)30-13-9-27(10-14-30)21-40-36(45)46-37(4,5)6/h7-8,11-12,15-19,22,27,30,33,38H,9-10,13-14,20-21H2,1-6H3,(H,40,45)(H,41,44)(H,42,43)/t27?,30?,33-/m0/s1. The molecule has 1 saturated carbocycles. The van der Waals surface area contributed by atoms with E-state index in [-0.39, 0.29) is 23.7 Å². The first-order valence-electron chi connectivity index (χ1n) is 16.0. The number of benzene rings is 2. The van der Waals surface area contributed by atoms with Gasteiger partial charge in [0.15, 0.2) is 0 Å². The van der Waals surface area contributed by atoms with Crippen molar-refractivity contribution in [1.82, 2.24) is 15.6 Å². The third-order valence-electron chi connectivity index (χ3n) is 8.32. The van der Waals surface area contributed by atoms with Crippen LogP contribution in [0.2, 0.25) is 0 Å². The first kappa shape index (κ1) is 34.3. The fourth-order valence-electron chi connectivity index (χ4n) is 5.76. The van der Waals surface area contributed by atoms with E-state index in [2.05, 4.69) is 33.9 Å². The minimum absolute atomic E-state index is 0.133. The minimum Gasteiger partial charge on any atom is -0.444 e. The molecule has 46 heavy (non-hydrogen) atoms. The van der Waals surface area contributed by atoms with Crippen molar-refractivity contribution in [3.8, 4) is 11.1 Å². The normalized spacial score (nSPS) is 17.0. The Bertz CT molecular complexity index is 1540. The predicted octanol–water partition coefficient (Wildman–Crippen LogP) is 6.75. The third kappa shape index (κ3) is 9.99. The molecular weight excluding hydrogens is 578 g/mol. The second-order valence-electron chi connectivity index (χ2n) is 13.4. The first-order chi connectivity index (χ1) is 21.8. The molecule has 1 aromatic heterocycles. The van der Waals surface area contributed by atoms with Gasteiger partial charge in [-0.25, -0.2) is 4.79 Å². The maximum absolute atomic E-state index is 13.6. The Hall–Kier alpha value is -4.53. The van der Waals surface area contributed by atoms with Crippen LogP contribution in [0.15, 0.2) is 60.8 Å².